The van der Waals surface area contributed by atoms with Crippen LogP contribution >= 0.6 is 0 Å². The van der Waals surface area contributed by atoms with E-state index in [0.717, 1.165) is 19.6 Å². The Labute approximate surface area is 216 Å². The molecule has 37 heavy (non-hydrogen) atoms. The molecule has 0 unspecified atom stereocenters. The van der Waals surface area contributed by atoms with Crippen molar-refractivity contribution in [3.05, 3.63) is 48.5 Å². The molecule has 0 bridgehead atoms. The van der Waals surface area contributed by atoms with Gasteiger partial charge in [0.05, 0.1) is 18.2 Å². The van der Waals surface area contributed by atoms with Crippen LogP contribution in [0.1, 0.15) is 0 Å². The molecule has 0 aliphatic carbocycles. The van der Waals surface area contributed by atoms with Crippen LogP contribution in [0.3, 0.4) is 0 Å². The van der Waals surface area contributed by atoms with Gasteiger partial charge >= 0.3 is 0 Å². The van der Waals surface area contributed by atoms with Gasteiger partial charge in [-0.2, -0.15) is 19.6 Å². The maximum atomic E-state index is 14.7. The second-order valence-electron chi connectivity index (χ2n) is 8.68. The predicted octanol–water partition coefficient (Wildman–Crippen LogP) is 2.10. The van der Waals surface area contributed by atoms with E-state index in [1.165, 1.54) is 10.6 Å². The van der Waals surface area contributed by atoms with Crippen molar-refractivity contribution in [2.75, 3.05) is 73.8 Å². The summed E-state index contributed by atoms with van der Waals surface area (Å²) < 4.78 is 38.2. The monoisotopic (exact) mass is 528 g/mol. The van der Waals surface area contributed by atoms with Crippen LogP contribution in [-0.2, 0) is 11.2 Å². The number of nitrogen functional groups attached to an aromatic ring is 1. The van der Waals surface area contributed by atoms with E-state index in [9.17, 15) is 8.94 Å². The number of anilines is 3. The van der Waals surface area contributed by atoms with Gasteiger partial charge in [0, 0.05) is 51.4 Å². The van der Waals surface area contributed by atoms with Crippen molar-refractivity contribution in [3.63, 3.8) is 0 Å². The van der Waals surface area contributed by atoms with E-state index in [-0.39, 0.29) is 11.8 Å². The second kappa shape index (κ2) is 11.2. The topological polar surface area (TPSA) is 133 Å². The molecular weight excluding hydrogens is 499 g/mol. The summed E-state index contributed by atoms with van der Waals surface area (Å²) in [6, 6.07) is 10.3. The molecule has 1 aromatic carbocycles. The second-order valence-corrected chi connectivity index (χ2v) is 10.2. The van der Waals surface area contributed by atoms with Gasteiger partial charge in [-0.25, -0.2) is 4.39 Å². The average molecular weight is 529 g/mol. The van der Waals surface area contributed by atoms with Crippen LogP contribution in [0, 0.1) is 5.82 Å². The molecule has 1 fully saturated rings. The van der Waals surface area contributed by atoms with E-state index in [2.05, 4.69) is 25.3 Å². The number of nitrogens with zero attached hydrogens (tertiary/aromatic N) is 6. The average Bonchev–Trinajstić information content (AvgIpc) is 3.55. The van der Waals surface area contributed by atoms with Crippen LogP contribution in [0.25, 0.3) is 17.1 Å². The molecule has 0 radical (unpaired) electrons. The van der Waals surface area contributed by atoms with Gasteiger partial charge in [0.25, 0.3) is 0 Å². The lowest BCUT2D eigenvalue weighted by molar-refractivity contribution is 0.266. The number of piperazine rings is 1. The number of rotatable bonds is 10. The summed E-state index contributed by atoms with van der Waals surface area (Å²) in [5.41, 5.74) is 7.85. The Morgan fingerprint density at radius 2 is 2.03 bits per heavy atom. The SMILES string of the molecule is C[S@@+]([O-])CCOc1ccc(N2CCN(CCNc3nc(N)n4nc(-c5ccco5)cc4n3)CC2)c(F)c1. The van der Waals surface area contributed by atoms with E-state index in [0.29, 0.717) is 66.5 Å². The highest BCUT2D eigenvalue weighted by Crippen LogP contribution is 2.25. The molecule has 1 aliphatic rings. The van der Waals surface area contributed by atoms with Crippen LogP contribution in [-0.4, -0.2) is 86.9 Å². The Kier molecular flexibility index (Phi) is 7.63. The standard InChI is InChI=1S/C24H29FN8O3S/c1-37(34)14-13-35-17-4-5-20(18(25)15-17)32-10-8-31(9-11-32)7-6-27-24-28-22-16-19(21-3-2-12-36-21)30-33(22)23(26)29-24/h2-5,12,15-16H,6-11,13-14H2,1H3,(H3,26,27,28,29)/t37-/m1/s1. The van der Waals surface area contributed by atoms with E-state index >= 15 is 0 Å². The highest BCUT2D eigenvalue weighted by Gasteiger charge is 2.20. The van der Waals surface area contributed by atoms with E-state index in [1.54, 1.807) is 36.8 Å². The number of hydrogen-bond acceptors (Lipinski definition) is 10. The smallest absolute Gasteiger partial charge is 0.228 e. The van der Waals surface area contributed by atoms with Crippen molar-refractivity contribution in [3.8, 4) is 17.2 Å². The molecule has 11 nitrogen and oxygen atoms in total. The van der Waals surface area contributed by atoms with E-state index in [4.69, 9.17) is 14.9 Å². The lowest BCUT2D eigenvalue weighted by Crippen LogP contribution is -2.48. The third-order valence-corrected chi connectivity index (χ3v) is 6.85. The normalized spacial score (nSPS) is 15.3. The number of fused-ring (bicyclic) bond motifs is 1. The number of nitrogens with one attached hydrogen (secondary N) is 1. The van der Waals surface area contributed by atoms with Crippen LogP contribution in [0.5, 0.6) is 5.75 Å². The van der Waals surface area contributed by atoms with E-state index in [1.807, 2.05) is 11.0 Å². The fraction of sp³-hybridized carbons (Fsp3) is 0.375. The molecule has 0 saturated carbocycles. The zero-order chi connectivity index (χ0) is 25.8. The van der Waals surface area contributed by atoms with Gasteiger partial charge in [-0.3, -0.25) is 4.90 Å². The van der Waals surface area contributed by atoms with Gasteiger partial charge in [0.1, 0.15) is 29.6 Å². The maximum Gasteiger partial charge on any atom is 0.228 e. The Bertz CT molecular complexity index is 1330. The van der Waals surface area contributed by atoms with Crippen LogP contribution in [0.4, 0.5) is 22.0 Å². The molecule has 3 N–H and O–H groups in total. The largest absolute Gasteiger partial charge is 0.616 e. The van der Waals surface area contributed by atoms with Crippen molar-refractivity contribution in [2.45, 2.75) is 0 Å². The number of benzene rings is 1. The van der Waals surface area contributed by atoms with Gasteiger partial charge < -0.3 is 29.7 Å². The van der Waals surface area contributed by atoms with Gasteiger partial charge in [0.2, 0.25) is 11.9 Å². The van der Waals surface area contributed by atoms with Crippen LogP contribution in [0.2, 0.25) is 0 Å². The van der Waals surface area contributed by atoms with Crippen molar-refractivity contribution < 1.29 is 18.1 Å². The third-order valence-electron chi connectivity index (χ3n) is 6.10. The summed E-state index contributed by atoms with van der Waals surface area (Å²) in [7, 11) is 0. The number of aromatic nitrogens is 4. The van der Waals surface area contributed by atoms with E-state index < -0.39 is 11.2 Å². The Hall–Kier alpha value is -3.55. The molecule has 196 valence electrons. The Morgan fingerprint density at radius 1 is 1.19 bits per heavy atom. The Balaban J connectivity index is 1.10. The highest BCUT2D eigenvalue weighted by atomic mass is 32.2. The fourth-order valence-corrected chi connectivity index (χ4v) is 4.50. The number of ether oxygens (including phenoxy) is 1. The number of halogens is 1. The highest BCUT2D eigenvalue weighted by molar-refractivity contribution is 7.90. The molecule has 1 saturated heterocycles. The minimum atomic E-state index is -0.937. The lowest BCUT2D eigenvalue weighted by Gasteiger charge is -2.36. The zero-order valence-corrected chi connectivity index (χ0v) is 21.3. The molecule has 4 heterocycles. The fourth-order valence-electron chi connectivity index (χ4n) is 4.18. The molecular formula is C24H29FN8O3S. The molecule has 13 heteroatoms. The van der Waals surface area contributed by atoms with Gasteiger partial charge in [-0.05, 0) is 24.3 Å². The first-order chi connectivity index (χ1) is 18.0. The van der Waals surface area contributed by atoms with Gasteiger partial charge in [-0.1, -0.05) is 11.2 Å². The molecule has 3 aromatic heterocycles. The predicted molar refractivity (Wildman–Crippen MR) is 141 cm³/mol. The number of furan rings is 1. The molecule has 0 spiro atoms. The molecule has 0 amide bonds. The summed E-state index contributed by atoms with van der Waals surface area (Å²) in [5, 5.41) is 7.64. The molecule has 1 aliphatic heterocycles. The zero-order valence-electron chi connectivity index (χ0n) is 20.5. The third kappa shape index (κ3) is 6.06. The van der Waals surface area contributed by atoms with Crippen LogP contribution in [0.15, 0.2) is 47.1 Å². The van der Waals surface area contributed by atoms with Gasteiger partial charge in [-0.15, -0.1) is 0 Å². The van der Waals surface area contributed by atoms with Crippen LogP contribution < -0.4 is 20.7 Å². The number of hydrogen-bond donors (Lipinski definition) is 2. The van der Waals surface area contributed by atoms with Gasteiger partial charge in [0.15, 0.2) is 11.4 Å². The molecule has 4 aromatic rings. The quantitative estimate of drug-likeness (QED) is 0.295. The summed E-state index contributed by atoms with van der Waals surface area (Å²) in [6.45, 7) is 4.76. The minimum absolute atomic E-state index is 0.234. The maximum absolute atomic E-state index is 14.7. The first-order valence-electron chi connectivity index (χ1n) is 12.0. The summed E-state index contributed by atoms with van der Waals surface area (Å²) in [5.74, 6) is 1.86. The number of nitrogens with two attached hydrogens (primary N) is 1. The summed E-state index contributed by atoms with van der Waals surface area (Å²) in [6.07, 6.45) is 3.20. The van der Waals surface area contributed by atoms with Crippen molar-refractivity contribution >= 4 is 34.4 Å². The Morgan fingerprint density at radius 3 is 2.76 bits per heavy atom. The first kappa shape index (κ1) is 25.1. The molecule has 1 atom stereocenters. The lowest BCUT2D eigenvalue weighted by atomic mass is 10.2. The van der Waals surface area contributed by atoms with Crippen molar-refractivity contribution in [1.29, 1.82) is 0 Å². The van der Waals surface area contributed by atoms with Crippen molar-refractivity contribution in [2.24, 2.45) is 0 Å². The minimum Gasteiger partial charge on any atom is -0.616 e. The first-order valence-corrected chi connectivity index (χ1v) is 13.7. The molecule has 5 rings (SSSR count). The van der Waals surface area contributed by atoms with Crippen molar-refractivity contribution in [1.82, 2.24) is 24.5 Å². The summed E-state index contributed by atoms with van der Waals surface area (Å²) >= 11 is -0.937. The summed E-state index contributed by atoms with van der Waals surface area (Å²) in [4.78, 5) is 13.2.